The third kappa shape index (κ3) is 4.68. The van der Waals surface area contributed by atoms with E-state index < -0.39 is 16.3 Å². The van der Waals surface area contributed by atoms with E-state index in [2.05, 4.69) is 0 Å². The fraction of sp³-hybridized carbons (Fsp3) is 0.167. The molecule has 2 aromatic carbocycles. The highest BCUT2D eigenvalue weighted by Gasteiger charge is 2.18. The summed E-state index contributed by atoms with van der Waals surface area (Å²) in [6.45, 7) is 1.70. The second-order valence-corrected chi connectivity index (χ2v) is 7.32. The van der Waals surface area contributed by atoms with Crippen LogP contribution in [0, 0.1) is 6.92 Å². The fourth-order valence-corrected chi connectivity index (χ4v) is 2.74. The lowest BCUT2D eigenvalue weighted by atomic mass is 9.96. The van der Waals surface area contributed by atoms with Crippen molar-refractivity contribution in [3.8, 4) is 5.75 Å². The van der Waals surface area contributed by atoms with Crippen LogP contribution >= 0.6 is 0 Å². The van der Waals surface area contributed by atoms with Gasteiger partial charge in [-0.1, -0.05) is 36.4 Å². The Balaban J connectivity index is 2.45. The highest BCUT2D eigenvalue weighted by atomic mass is 32.2. The van der Waals surface area contributed by atoms with Crippen LogP contribution in [0.3, 0.4) is 0 Å². The number of carboxylic acids is 1. The van der Waals surface area contributed by atoms with Crippen molar-refractivity contribution in [3.05, 3.63) is 71.3 Å². The molecule has 0 aliphatic heterocycles. The maximum absolute atomic E-state index is 11.9. The van der Waals surface area contributed by atoms with Crippen molar-refractivity contribution in [3.63, 3.8) is 0 Å². The quantitative estimate of drug-likeness (QED) is 0.800. The van der Waals surface area contributed by atoms with Gasteiger partial charge in [-0.05, 0) is 41.3 Å². The van der Waals surface area contributed by atoms with E-state index in [0.29, 0.717) is 16.7 Å². The predicted molar refractivity (Wildman–Crippen MR) is 95.6 cm³/mol. The largest absolute Gasteiger partial charge is 0.478 e. The predicted octanol–water partition coefficient (Wildman–Crippen LogP) is 2.70. The second kappa shape index (κ2) is 7.50. The van der Waals surface area contributed by atoms with E-state index in [1.54, 1.807) is 19.1 Å². The number of aliphatic carboxylic acids is 1. The molecule has 1 N–H and O–H groups in total. The van der Waals surface area contributed by atoms with Gasteiger partial charge in [0.15, 0.2) is 0 Å². The molecular formula is C18H19NO5S. The molecule has 7 heteroatoms. The summed E-state index contributed by atoms with van der Waals surface area (Å²) in [6, 6.07) is 14.0. The van der Waals surface area contributed by atoms with Crippen LogP contribution in [-0.4, -0.2) is 37.9 Å². The van der Waals surface area contributed by atoms with Crippen LogP contribution in [0.1, 0.15) is 16.7 Å². The molecule has 0 fully saturated rings. The third-order valence-corrected chi connectivity index (χ3v) is 4.77. The van der Waals surface area contributed by atoms with E-state index in [-0.39, 0.29) is 5.75 Å². The topological polar surface area (TPSA) is 83.9 Å². The standard InChI is InChI=1S/C18H19NO5S/c1-13-11-15(9-10-17(13)24-25(22,23)19(2)3)16(12-18(20)21)14-7-5-4-6-8-14/h4-12H,1-3H3,(H,20,21)/b16-12+. The van der Waals surface area contributed by atoms with Gasteiger partial charge in [-0.15, -0.1) is 0 Å². The molecule has 0 aliphatic carbocycles. The van der Waals surface area contributed by atoms with Gasteiger partial charge in [-0.25, -0.2) is 4.79 Å². The van der Waals surface area contributed by atoms with Crippen LogP contribution in [0.4, 0.5) is 0 Å². The summed E-state index contributed by atoms with van der Waals surface area (Å²) < 4.78 is 29.8. The number of carboxylic acid groups (broad SMARTS) is 1. The molecule has 6 nitrogen and oxygen atoms in total. The molecule has 2 rings (SSSR count). The number of aryl methyl sites for hydroxylation is 1. The Morgan fingerprint density at radius 1 is 1.08 bits per heavy atom. The summed E-state index contributed by atoms with van der Waals surface area (Å²) in [6.07, 6.45) is 1.13. The van der Waals surface area contributed by atoms with Crippen LogP contribution < -0.4 is 4.18 Å². The van der Waals surface area contributed by atoms with E-state index >= 15 is 0 Å². The number of benzene rings is 2. The lowest BCUT2D eigenvalue weighted by Gasteiger charge is -2.15. The van der Waals surface area contributed by atoms with Crippen molar-refractivity contribution >= 4 is 21.8 Å². The number of hydrogen-bond donors (Lipinski definition) is 1. The van der Waals surface area contributed by atoms with Gasteiger partial charge in [0, 0.05) is 20.2 Å². The molecule has 132 valence electrons. The minimum absolute atomic E-state index is 0.195. The molecule has 0 aliphatic rings. The van der Waals surface area contributed by atoms with E-state index in [9.17, 15) is 13.2 Å². The molecular weight excluding hydrogens is 342 g/mol. The normalized spacial score (nSPS) is 12.2. The minimum atomic E-state index is -3.85. The van der Waals surface area contributed by atoms with Crippen LogP contribution in [0.2, 0.25) is 0 Å². The Kier molecular flexibility index (Phi) is 5.61. The number of hydrogen-bond acceptors (Lipinski definition) is 4. The molecule has 0 spiro atoms. The summed E-state index contributed by atoms with van der Waals surface area (Å²) in [5.74, 6) is -0.868. The monoisotopic (exact) mass is 361 g/mol. The maximum atomic E-state index is 11.9. The molecule has 0 saturated heterocycles. The molecule has 2 aromatic rings. The van der Waals surface area contributed by atoms with E-state index in [4.69, 9.17) is 9.29 Å². The number of rotatable bonds is 6. The minimum Gasteiger partial charge on any atom is -0.478 e. The first-order chi connectivity index (χ1) is 11.7. The smallest absolute Gasteiger partial charge is 0.384 e. The zero-order valence-electron chi connectivity index (χ0n) is 14.1. The first-order valence-corrected chi connectivity index (χ1v) is 8.80. The second-order valence-electron chi connectivity index (χ2n) is 5.57. The van der Waals surface area contributed by atoms with Gasteiger partial charge in [0.05, 0.1) is 0 Å². The molecule has 0 saturated carbocycles. The van der Waals surface area contributed by atoms with Gasteiger partial charge in [0.2, 0.25) is 0 Å². The molecule has 0 unspecified atom stereocenters. The van der Waals surface area contributed by atoms with Crippen molar-refractivity contribution < 1.29 is 22.5 Å². The van der Waals surface area contributed by atoms with Crippen LogP contribution in [0.15, 0.2) is 54.6 Å². The molecule has 0 atom stereocenters. The van der Waals surface area contributed by atoms with Crippen molar-refractivity contribution in [2.45, 2.75) is 6.92 Å². The average Bonchev–Trinajstić information content (AvgIpc) is 2.55. The molecule has 0 radical (unpaired) electrons. The first kappa shape index (κ1) is 18.7. The van der Waals surface area contributed by atoms with Crippen molar-refractivity contribution in [2.75, 3.05) is 14.1 Å². The van der Waals surface area contributed by atoms with Gasteiger partial charge in [-0.3, -0.25) is 0 Å². The summed E-state index contributed by atoms with van der Waals surface area (Å²) in [5.41, 5.74) is 2.51. The Labute approximate surface area is 147 Å². The lowest BCUT2D eigenvalue weighted by Crippen LogP contribution is -2.27. The lowest BCUT2D eigenvalue weighted by molar-refractivity contribution is -0.131. The van der Waals surface area contributed by atoms with Crippen molar-refractivity contribution in [2.24, 2.45) is 0 Å². The molecule has 25 heavy (non-hydrogen) atoms. The Morgan fingerprint density at radius 2 is 1.72 bits per heavy atom. The zero-order chi connectivity index (χ0) is 18.6. The van der Waals surface area contributed by atoms with E-state index in [0.717, 1.165) is 15.9 Å². The number of nitrogens with zero attached hydrogens (tertiary/aromatic N) is 1. The van der Waals surface area contributed by atoms with Gasteiger partial charge >= 0.3 is 16.3 Å². The van der Waals surface area contributed by atoms with Crippen molar-refractivity contribution in [1.82, 2.24) is 4.31 Å². The Bertz CT molecular complexity index is 902. The Morgan fingerprint density at radius 3 is 2.24 bits per heavy atom. The van der Waals surface area contributed by atoms with Gasteiger partial charge in [-0.2, -0.15) is 12.7 Å². The highest BCUT2D eigenvalue weighted by molar-refractivity contribution is 7.84. The first-order valence-electron chi connectivity index (χ1n) is 7.43. The van der Waals surface area contributed by atoms with Crippen LogP contribution in [0.25, 0.3) is 5.57 Å². The molecule has 0 aromatic heterocycles. The van der Waals surface area contributed by atoms with Gasteiger partial charge < -0.3 is 9.29 Å². The summed E-state index contributed by atoms with van der Waals surface area (Å²) >= 11 is 0. The number of carbonyl (C=O) groups is 1. The molecule has 0 amide bonds. The van der Waals surface area contributed by atoms with Gasteiger partial charge in [0.25, 0.3) is 0 Å². The fourth-order valence-electron chi connectivity index (χ4n) is 2.17. The average molecular weight is 361 g/mol. The highest BCUT2D eigenvalue weighted by Crippen LogP contribution is 2.28. The van der Waals surface area contributed by atoms with E-state index in [1.165, 1.54) is 20.2 Å². The summed E-state index contributed by atoms with van der Waals surface area (Å²) in [4.78, 5) is 11.2. The van der Waals surface area contributed by atoms with Gasteiger partial charge in [0.1, 0.15) is 5.75 Å². The van der Waals surface area contributed by atoms with Crippen molar-refractivity contribution in [1.29, 1.82) is 0 Å². The molecule has 0 heterocycles. The van der Waals surface area contributed by atoms with Crippen LogP contribution in [0.5, 0.6) is 5.75 Å². The summed E-state index contributed by atoms with van der Waals surface area (Å²) in [7, 11) is -1.10. The zero-order valence-corrected chi connectivity index (χ0v) is 14.9. The molecule has 0 bridgehead atoms. The summed E-state index contributed by atoms with van der Waals surface area (Å²) in [5, 5.41) is 9.16. The SMILES string of the molecule is Cc1cc(/C(=C/C(=O)O)c2ccccc2)ccc1OS(=O)(=O)N(C)C. The van der Waals surface area contributed by atoms with Crippen LogP contribution in [-0.2, 0) is 15.1 Å². The Hall–Kier alpha value is -2.64. The third-order valence-electron chi connectivity index (χ3n) is 3.48. The maximum Gasteiger partial charge on any atom is 0.384 e. The van der Waals surface area contributed by atoms with E-state index in [1.807, 2.05) is 30.3 Å².